The Kier molecular flexibility index (Phi) is 4.62. The van der Waals surface area contributed by atoms with Crippen molar-refractivity contribution in [2.24, 2.45) is 11.7 Å². The lowest BCUT2D eigenvalue weighted by atomic mass is 9.88. The van der Waals surface area contributed by atoms with Gasteiger partial charge in [0.15, 0.2) is 11.6 Å². The zero-order valence-electron chi connectivity index (χ0n) is 13.3. The zero-order valence-corrected chi connectivity index (χ0v) is 13.3. The van der Waals surface area contributed by atoms with E-state index in [4.69, 9.17) is 5.73 Å². The van der Waals surface area contributed by atoms with Crippen LogP contribution < -0.4 is 10.6 Å². The highest BCUT2D eigenvalue weighted by Crippen LogP contribution is 2.28. The van der Waals surface area contributed by atoms with Gasteiger partial charge in [-0.2, -0.15) is 0 Å². The molecule has 1 saturated heterocycles. The molecule has 2 nitrogen and oxygen atoms in total. The summed E-state index contributed by atoms with van der Waals surface area (Å²) in [6, 6.07) is 12.7. The van der Waals surface area contributed by atoms with E-state index in [9.17, 15) is 8.78 Å². The highest BCUT2D eigenvalue weighted by Gasteiger charge is 2.27. The molecule has 0 amide bonds. The molecule has 0 radical (unpaired) electrons. The van der Waals surface area contributed by atoms with Crippen LogP contribution in [0.25, 0.3) is 0 Å². The van der Waals surface area contributed by atoms with E-state index in [1.165, 1.54) is 11.1 Å². The second kappa shape index (κ2) is 6.67. The number of benzene rings is 2. The Morgan fingerprint density at radius 3 is 2.57 bits per heavy atom. The molecule has 23 heavy (non-hydrogen) atoms. The first-order valence-corrected chi connectivity index (χ1v) is 8.03. The standard InChI is InChI=1S/C19H22F2N2/c1-13-5-7-14(8-6-13)9-15-10-16(22)12-23(11-15)18-4-2-3-17(20)19(18)21/h2-8,15-16H,9-12,22H2,1H3. The van der Waals surface area contributed by atoms with E-state index >= 15 is 0 Å². The molecule has 1 aliphatic rings. The molecule has 2 aromatic rings. The Morgan fingerprint density at radius 2 is 1.83 bits per heavy atom. The third-order valence-corrected chi connectivity index (χ3v) is 4.49. The van der Waals surface area contributed by atoms with E-state index in [0.717, 1.165) is 18.9 Å². The van der Waals surface area contributed by atoms with Gasteiger partial charge in [-0.1, -0.05) is 35.9 Å². The lowest BCUT2D eigenvalue weighted by molar-refractivity contribution is 0.370. The minimum atomic E-state index is -0.809. The topological polar surface area (TPSA) is 29.3 Å². The maximum Gasteiger partial charge on any atom is 0.182 e. The Hall–Kier alpha value is -1.94. The maximum absolute atomic E-state index is 14.1. The number of hydrogen-bond acceptors (Lipinski definition) is 2. The van der Waals surface area contributed by atoms with Gasteiger partial charge >= 0.3 is 0 Å². The number of nitrogens with two attached hydrogens (primary N) is 1. The fraction of sp³-hybridized carbons (Fsp3) is 0.368. The summed E-state index contributed by atoms with van der Waals surface area (Å²) in [4.78, 5) is 1.88. The number of aryl methyl sites for hydroxylation is 1. The summed E-state index contributed by atoms with van der Waals surface area (Å²) in [6.45, 7) is 3.32. The van der Waals surface area contributed by atoms with Gasteiger partial charge in [0.1, 0.15) is 0 Å². The molecule has 2 aromatic carbocycles. The van der Waals surface area contributed by atoms with Crippen LogP contribution in [0.15, 0.2) is 42.5 Å². The zero-order chi connectivity index (χ0) is 16.4. The number of rotatable bonds is 3. The summed E-state index contributed by atoms with van der Waals surface area (Å²) in [7, 11) is 0. The van der Waals surface area contributed by atoms with Crippen molar-refractivity contribution < 1.29 is 8.78 Å². The molecule has 0 spiro atoms. The first-order valence-electron chi connectivity index (χ1n) is 8.03. The van der Waals surface area contributed by atoms with Gasteiger partial charge in [-0.15, -0.1) is 0 Å². The maximum atomic E-state index is 14.1. The molecule has 4 heteroatoms. The van der Waals surface area contributed by atoms with Gasteiger partial charge in [-0.05, 0) is 43.4 Å². The summed E-state index contributed by atoms with van der Waals surface area (Å²) in [6.07, 6.45) is 1.81. The molecule has 0 bridgehead atoms. The van der Waals surface area contributed by atoms with Gasteiger partial charge < -0.3 is 10.6 Å². The monoisotopic (exact) mass is 316 g/mol. The van der Waals surface area contributed by atoms with Crippen LogP contribution in [-0.4, -0.2) is 19.1 Å². The van der Waals surface area contributed by atoms with Crippen LogP contribution in [0, 0.1) is 24.5 Å². The molecular weight excluding hydrogens is 294 g/mol. The van der Waals surface area contributed by atoms with Gasteiger partial charge in [0, 0.05) is 19.1 Å². The second-order valence-electron chi connectivity index (χ2n) is 6.53. The number of nitrogens with zero attached hydrogens (tertiary/aromatic N) is 1. The van der Waals surface area contributed by atoms with Crippen LogP contribution >= 0.6 is 0 Å². The van der Waals surface area contributed by atoms with Crippen LogP contribution in [-0.2, 0) is 6.42 Å². The highest BCUT2D eigenvalue weighted by atomic mass is 19.2. The van der Waals surface area contributed by atoms with Gasteiger partial charge in [-0.3, -0.25) is 0 Å². The van der Waals surface area contributed by atoms with E-state index in [2.05, 4.69) is 31.2 Å². The number of hydrogen-bond donors (Lipinski definition) is 1. The first kappa shape index (κ1) is 15.9. The summed E-state index contributed by atoms with van der Waals surface area (Å²) >= 11 is 0. The van der Waals surface area contributed by atoms with Gasteiger partial charge in [-0.25, -0.2) is 8.78 Å². The van der Waals surface area contributed by atoms with Crippen molar-refractivity contribution in [3.05, 3.63) is 65.2 Å². The lowest BCUT2D eigenvalue weighted by Crippen LogP contribution is -2.48. The van der Waals surface area contributed by atoms with Crippen LogP contribution in [0.4, 0.5) is 14.5 Å². The number of piperidine rings is 1. The molecule has 0 aliphatic carbocycles. The second-order valence-corrected chi connectivity index (χ2v) is 6.53. The van der Waals surface area contributed by atoms with E-state index in [1.54, 1.807) is 12.1 Å². The van der Waals surface area contributed by atoms with Crippen molar-refractivity contribution in [2.45, 2.75) is 25.8 Å². The van der Waals surface area contributed by atoms with Crippen LogP contribution in [0.1, 0.15) is 17.5 Å². The van der Waals surface area contributed by atoms with E-state index in [0.29, 0.717) is 24.7 Å². The van der Waals surface area contributed by atoms with Gasteiger partial charge in [0.05, 0.1) is 5.69 Å². The molecule has 122 valence electrons. The van der Waals surface area contributed by atoms with Crippen molar-refractivity contribution in [1.29, 1.82) is 0 Å². The van der Waals surface area contributed by atoms with E-state index in [-0.39, 0.29) is 6.04 Å². The lowest BCUT2D eigenvalue weighted by Gasteiger charge is -2.38. The molecule has 3 rings (SSSR count). The fourth-order valence-electron chi connectivity index (χ4n) is 3.39. The molecule has 1 aliphatic heterocycles. The normalized spacial score (nSPS) is 21.5. The summed E-state index contributed by atoms with van der Waals surface area (Å²) < 4.78 is 27.5. The predicted molar refractivity (Wildman–Crippen MR) is 89.5 cm³/mol. The third kappa shape index (κ3) is 3.70. The molecule has 2 atom stereocenters. The first-order chi connectivity index (χ1) is 11.0. The summed E-state index contributed by atoms with van der Waals surface area (Å²) in [5, 5.41) is 0. The van der Waals surface area contributed by atoms with Crippen molar-refractivity contribution in [3.8, 4) is 0 Å². The van der Waals surface area contributed by atoms with Crippen molar-refractivity contribution in [1.82, 2.24) is 0 Å². The molecule has 0 saturated carbocycles. The molecular formula is C19H22F2N2. The average molecular weight is 316 g/mol. The smallest absolute Gasteiger partial charge is 0.182 e. The SMILES string of the molecule is Cc1ccc(CC2CC(N)CN(c3cccc(F)c3F)C2)cc1. The quantitative estimate of drug-likeness (QED) is 0.936. The molecule has 2 N–H and O–H groups in total. The Bertz CT molecular complexity index is 670. The fourth-order valence-corrected chi connectivity index (χ4v) is 3.39. The van der Waals surface area contributed by atoms with Crippen molar-refractivity contribution in [3.63, 3.8) is 0 Å². The molecule has 1 fully saturated rings. The minimum absolute atomic E-state index is 0.0261. The number of anilines is 1. The molecule has 0 aromatic heterocycles. The van der Waals surface area contributed by atoms with Crippen LogP contribution in [0.2, 0.25) is 0 Å². The molecule has 1 heterocycles. The van der Waals surface area contributed by atoms with Crippen molar-refractivity contribution in [2.75, 3.05) is 18.0 Å². The Morgan fingerprint density at radius 1 is 1.09 bits per heavy atom. The summed E-state index contributed by atoms with van der Waals surface area (Å²) in [5.41, 5.74) is 8.97. The third-order valence-electron chi connectivity index (χ3n) is 4.49. The Labute approximate surface area is 135 Å². The van der Waals surface area contributed by atoms with Crippen LogP contribution in [0.5, 0.6) is 0 Å². The minimum Gasteiger partial charge on any atom is -0.367 e. The Balaban J connectivity index is 1.76. The predicted octanol–water partition coefficient (Wildman–Crippen LogP) is 3.67. The van der Waals surface area contributed by atoms with Gasteiger partial charge in [0.25, 0.3) is 0 Å². The summed E-state index contributed by atoms with van der Waals surface area (Å²) in [5.74, 6) is -1.25. The van der Waals surface area contributed by atoms with E-state index in [1.807, 2.05) is 4.90 Å². The largest absolute Gasteiger partial charge is 0.367 e. The van der Waals surface area contributed by atoms with E-state index < -0.39 is 11.6 Å². The van der Waals surface area contributed by atoms with Crippen molar-refractivity contribution >= 4 is 5.69 Å². The molecule has 2 unspecified atom stereocenters. The highest BCUT2D eigenvalue weighted by molar-refractivity contribution is 5.49. The van der Waals surface area contributed by atoms with Gasteiger partial charge in [0.2, 0.25) is 0 Å². The average Bonchev–Trinajstić information content (AvgIpc) is 2.52. The van der Waals surface area contributed by atoms with Crippen LogP contribution in [0.3, 0.4) is 0 Å². The number of halogens is 2.